The second-order valence-electron chi connectivity index (χ2n) is 3.07. The van der Waals surface area contributed by atoms with Crippen LogP contribution in [-0.2, 0) is 0 Å². The van der Waals surface area contributed by atoms with Crippen LogP contribution in [0, 0.1) is 5.92 Å². The summed E-state index contributed by atoms with van der Waals surface area (Å²) in [5, 5.41) is 3.14. The van der Waals surface area contributed by atoms with Gasteiger partial charge in [0.2, 0.25) is 0 Å². The van der Waals surface area contributed by atoms with Gasteiger partial charge in [-0.1, -0.05) is 25.7 Å². The Morgan fingerprint density at radius 1 is 1.30 bits per heavy atom. The molecule has 0 atom stereocenters. The molecular weight excluding hydrogens is 146 g/mol. The Morgan fingerprint density at radius 3 is 2.60 bits per heavy atom. The molecule has 1 N–H and O–H groups in total. The predicted octanol–water partition coefficient (Wildman–Crippen LogP) is 2.35. The Kier molecular flexibility index (Phi) is 4.15. The van der Waals surface area contributed by atoms with E-state index in [1.807, 2.05) is 0 Å². The van der Waals surface area contributed by atoms with Gasteiger partial charge in [-0.25, -0.2) is 0 Å². The Morgan fingerprint density at radius 2 is 2.00 bits per heavy atom. The topological polar surface area (TPSA) is 12.0 Å². The Hall–Kier alpha value is 0.250. The van der Waals surface area contributed by atoms with E-state index in [4.69, 9.17) is 11.6 Å². The van der Waals surface area contributed by atoms with Crippen LogP contribution in [-0.4, -0.2) is 12.5 Å². The van der Waals surface area contributed by atoms with E-state index in [-0.39, 0.29) is 0 Å². The average Bonchev–Trinajstić information content (AvgIpc) is 2.41. The van der Waals surface area contributed by atoms with Crippen LogP contribution in [0.3, 0.4) is 0 Å². The molecule has 0 radical (unpaired) electrons. The molecule has 2 heteroatoms. The number of nitrogens with one attached hydrogen (secondary N) is 1. The van der Waals surface area contributed by atoms with Gasteiger partial charge in [-0.3, -0.25) is 0 Å². The van der Waals surface area contributed by atoms with Crippen molar-refractivity contribution in [2.45, 2.75) is 32.1 Å². The third-order valence-corrected chi connectivity index (χ3v) is 2.49. The Balaban J connectivity index is 1.91. The highest BCUT2D eigenvalue weighted by atomic mass is 35.5. The molecule has 0 amide bonds. The highest BCUT2D eigenvalue weighted by molar-refractivity contribution is 6.17. The predicted molar refractivity (Wildman–Crippen MR) is 45.3 cm³/mol. The summed E-state index contributed by atoms with van der Waals surface area (Å²) in [7, 11) is 0. The zero-order valence-corrected chi connectivity index (χ0v) is 7.16. The molecule has 1 aliphatic carbocycles. The molecule has 1 fully saturated rings. The van der Waals surface area contributed by atoms with E-state index in [0.29, 0.717) is 6.00 Å². The van der Waals surface area contributed by atoms with Crippen molar-refractivity contribution in [3.8, 4) is 0 Å². The monoisotopic (exact) mass is 161 g/mol. The lowest BCUT2D eigenvalue weighted by molar-refractivity contribution is 0.488. The van der Waals surface area contributed by atoms with Crippen molar-refractivity contribution in [3.63, 3.8) is 0 Å². The van der Waals surface area contributed by atoms with Gasteiger partial charge in [0, 0.05) is 0 Å². The first-order chi connectivity index (χ1) is 4.93. The van der Waals surface area contributed by atoms with E-state index < -0.39 is 0 Å². The normalized spacial score (nSPS) is 20.1. The first-order valence-electron chi connectivity index (χ1n) is 4.20. The van der Waals surface area contributed by atoms with Crippen LogP contribution in [0.5, 0.6) is 0 Å². The van der Waals surface area contributed by atoms with Crippen molar-refractivity contribution in [2.24, 2.45) is 5.92 Å². The molecule has 0 aliphatic heterocycles. The van der Waals surface area contributed by atoms with Gasteiger partial charge >= 0.3 is 0 Å². The van der Waals surface area contributed by atoms with Crippen LogP contribution >= 0.6 is 11.6 Å². The fourth-order valence-electron chi connectivity index (χ4n) is 1.67. The number of hydrogen-bond acceptors (Lipinski definition) is 1. The third kappa shape index (κ3) is 2.89. The van der Waals surface area contributed by atoms with E-state index in [0.717, 1.165) is 12.5 Å². The van der Waals surface area contributed by atoms with Gasteiger partial charge in [-0.2, -0.15) is 0 Å². The SMILES string of the molecule is ClCNCCC1CCCC1. The average molecular weight is 162 g/mol. The molecule has 1 rings (SSSR count). The van der Waals surface area contributed by atoms with Crippen LogP contribution in [0.15, 0.2) is 0 Å². The fraction of sp³-hybridized carbons (Fsp3) is 1.00. The smallest absolute Gasteiger partial charge is 0.0713 e. The molecule has 0 saturated heterocycles. The molecule has 0 aromatic carbocycles. The van der Waals surface area contributed by atoms with E-state index in [1.165, 1.54) is 32.1 Å². The van der Waals surface area contributed by atoms with Gasteiger partial charge in [0.05, 0.1) is 6.00 Å². The van der Waals surface area contributed by atoms with Crippen LogP contribution in [0.2, 0.25) is 0 Å². The van der Waals surface area contributed by atoms with Crippen LogP contribution in [0.25, 0.3) is 0 Å². The summed E-state index contributed by atoms with van der Waals surface area (Å²) in [5.41, 5.74) is 0. The maximum Gasteiger partial charge on any atom is 0.0713 e. The lowest BCUT2D eigenvalue weighted by Gasteiger charge is -2.07. The van der Waals surface area contributed by atoms with Crippen LogP contribution < -0.4 is 5.32 Å². The molecule has 0 heterocycles. The van der Waals surface area contributed by atoms with E-state index in [2.05, 4.69) is 5.32 Å². The van der Waals surface area contributed by atoms with Crippen molar-refractivity contribution in [1.29, 1.82) is 0 Å². The molecule has 0 unspecified atom stereocenters. The molecule has 1 aliphatic rings. The molecule has 1 nitrogen and oxygen atoms in total. The number of alkyl halides is 1. The summed E-state index contributed by atoms with van der Waals surface area (Å²) in [6.45, 7) is 1.11. The minimum Gasteiger partial charge on any atom is -0.304 e. The van der Waals surface area contributed by atoms with Crippen molar-refractivity contribution in [3.05, 3.63) is 0 Å². The largest absolute Gasteiger partial charge is 0.304 e. The number of rotatable bonds is 4. The summed E-state index contributed by atoms with van der Waals surface area (Å²) in [6.07, 6.45) is 7.12. The van der Waals surface area contributed by atoms with Crippen molar-refractivity contribution < 1.29 is 0 Å². The lowest BCUT2D eigenvalue weighted by Crippen LogP contribution is -2.15. The first-order valence-corrected chi connectivity index (χ1v) is 4.73. The van der Waals surface area contributed by atoms with Gasteiger partial charge in [0.25, 0.3) is 0 Å². The third-order valence-electron chi connectivity index (χ3n) is 2.30. The van der Waals surface area contributed by atoms with E-state index >= 15 is 0 Å². The van der Waals surface area contributed by atoms with Crippen LogP contribution in [0.4, 0.5) is 0 Å². The summed E-state index contributed by atoms with van der Waals surface area (Å²) in [6, 6.07) is 0.604. The molecule has 0 bridgehead atoms. The number of halogens is 1. The quantitative estimate of drug-likeness (QED) is 0.379. The number of hydrogen-bond donors (Lipinski definition) is 1. The first kappa shape index (κ1) is 8.35. The van der Waals surface area contributed by atoms with Crippen molar-refractivity contribution in [2.75, 3.05) is 12.5 Å². The highest BCUT2D eigenvalue weighted by Gasteiger charge is 2.13. The zero-order valence-electron chi connectivity index (χ0n) is 6.41. The Labute approximate surface area is 68.1 Å². The summed E-state index contributed by atoms with van der Waals surface area (Å²) in [5.74, 6) is 0.996. The molecule has 1 saturated carbocycles. The highest BCUT2D eigenvalue weighted by Crippen LogP contribution is 2.26. The van der Waals surface area contributed by atoms with Gasteiger partial charge in [-0.05, 0) is 18.9 Å². The molecule has 0 aromatic rings. The summed E-state index contributed by atoms with van der Waals surface area (Å²) >= 11 is 5.48. The second kappa shape index (κ2) is 4.97. The molecule has 0 aromatic heterocycles. The fourth-order valence-corrected chi connectivity index (χ4v) is 1.81. The maximum absolute atomic E-state index is 5.48. The standard InChI is InChI=1S/C8H16ClN/c9-7-10-6-5-8-3-1-2-4-8/h8,10H,1-7H2. The van der Waals surface area contributed by atoms with Crippen molar-refractivity contribution in [1.82, 2.24) is 5.32 Å². The summed E-state index contributed by atoms with van der Waals surface area (Å²) in [4.78, 5) is 0. The Bertz CT molecular complexity index is 79.3. The van der Waals surface area contributed by atoms with E-state index in [1.54, 1.807) is 0 Å². The van der Waals surface area contributed by atoms with Gasteiger partial charge < -0.3 is 5.32 Å². The van der Waals surface area contributed by atoms with Crippen molar-refractivity contribution >= 4 is 11.6 Å². The molecule has 60 valence electrons. The van der Waals surface area contributed by atoms with Gasteiger partial charge in [0.1, 0.15) is 0 Å². The van der Waals surface area contributed by atoms with Gasteiger partial charge in [0.15, 0.2) is 0 Å². The molecule has 0 spiro atoms. The second-order valence-corrected chi connectivity index (χ2v) is 3.34. The van der Waals surface area contributed by atoms with E-state index in [9.17, 15) is 0 Å². The minimum atomic E-state index is 0.604. The van der Waals surface area contributed by atoms with Gasteiger partial charge in [-0.15, -0.1) is 11.6 Å². The zero-order chi connectivity index (χ0) is 7.23. The maximum atomic E-state index is 5.48. The molecular formula is C8H16ClN. The summed E-state index contributed by atoms with van der Waals surface area (Å²) < 4.78 is 0. The molecule has 10 heavy (non-hydrogen) atoms. The minimum absolute atomic E-state index is 0.604. The lowest BCUT2D eigenvalue weighted by atomic mass is 10.0. The van der Waals surface area contributed by atoms with Crippen LogP contribution in [0.1, 0.15) is 32.1 Å².